The highest BCUT2D eigenvalue weighted by atomic mass is 16.3. The minimum absolute atomic E-state index is 0.281. The van der Waals surface area contributed by atoms with Gasteiger partial charge in [0.15, 0.2) is 0 Å². The van der Waals surface area contributed by atoms with E-state index in [-0.39, 0.29) is 6.61 Å². The van der Waals surface area contributed by atoms with Gasteiger partial charge in [-0.25, -0.2) is 0 Å². The Kier molecular flexibility index (Phi) is 8.06. The van der Waals surface area contributed by atoms with E-state index in [0.29, 0.717) is 0 Å². The highest BCUT2D eigenvalue weighted by molar-refractivity contribution is 4.19. The average Bonchev–Trinajstić information content (AvgIpc) is 1.58. The monoisotopic (exact) mass is 163 g/mol. The predicted octanol–water partition coefficient (Wildman–Crippen LogP) is -0.137. The summed E-state index contributed by atoms with van der Waals surface area (Å²) in [6, 6.07) is 0. The summed E-state index contributed by atoms with van der Waals surface area (Å²) in [6.07, 6.45) is 0. The lowest BCUT2D eigenvalue weighted by Gasteiger charge is -2.21. The Morgan fingerprint density at radius 3 is 1.36 bits per heavy atom. The number of hydrogen-bond acceptors (Lipinski definition) is 2. The maximum Gasteiger partial charge on any atom is 0.101 e. The molecule has 0 heterocycles. The second-order valence-electron chi connectivity index (χ2n) is 4.08. The Labute approximate surface area is 70.8 Å². The number of nitrogens with zero attached hydrogens (tertiary/aromatic N) is 2. The van der Waals surface area contributed by atoms with Crippen LogP contribution in [0.4, 0.5) is 0 Å². The van der Waals surface area contributed by atoms with Crippen LogP contribution in [0.5, 0.6) is 0 Å². The lowest BCUT2D eigenvalue weighted by molar-refractivity contribution is -0.870. The third-order valence-corrected chi connectivity index (χ3v) is 0.771. The first kappa shape index (κ1) is 13.5. The highest BCUT2D eigenvalue weighted by Gasteiger charge is 2.02. The molecule has 70 valence electrons. The maximum absolute atomic E-state index is 8.39. The second-order valence-corrected chi connectivity index (χ2v) is 4.08. The van der Waals surface area contributed by atoms with E-state index >= 15 is 0 Å². The molecule has 0 amide bonds. The molecule has 0 radical (unpaired) electrons. The third kappa shape index (κ3) is 40.8. The van der Waals surface area contributed by atoms with Crippen LogP contribution in [0.2, 0.25) is 0 Å². The molecule has 0 rings (SSSR count). The number of aliphatic hydroxyl groups excluding tert-OH is 1. The molecule has 3 heteroatoms. The summed E-state index contributed by atoms with van der Waals surface area (Å²) in [5.74, 6) is 0. The number of rotatable bonds is 2. The van der Waals surface area contributed by atoms with Crippen molar-refractivity contribution in [3.8, 4) is 0 Å². The molecule has 0 spiro atoms. The summed E-state index contributed by atoms with van der Waals surface area (Å²) in [6.45, 7) is 1.11. The van der Waals surface area contributed by atoms with Gasteiger partial charge in [-0.15, -0.1) is 0 Å². The fourth-order valence-electron chi connectivity index (χ4n) is 0.300. The van der Waals surface area contributed by atoms with Crippen LogP contribution in [0.15, 0.2) is 0 Å². The predicted molar refractivity (Wildman–Crippen MR) is 49.6 cm³/mol. The van der Waals surface area contributed by atoms with Crippen molar-refractivity contribution < 1.29 is 9.59 Å². The normalized spacial score (nSPS) is 10.9. The van der Waals surface area contributed by atoms with Crippen LogP contribution in [0.25, 0.3) is 0 Å². The zero-order valence-corrected chi connectivity index (χ0v) is 8.76. The molecule has 3 nitrogen and oxygen atoms in total. The molecule has 0 saturated heterocycles. The quantitative estimate of drug-likeness (QED) is 0.573. The molecule has 0 unspecified atom stereocenters. The van der Waals surface area contributed by atoms with Gasteiger partial charge in [-0.2, -0.15) is 0 Å². The second kappa shape index (κ2) is 6.58. The Morgan fingerprint density at radius 1 is 1.09 bits per heavy atom. The average molecular weight is 163 g/mol. The van der Waals surface area contributed by atoms with Gasteiger partial charge in [0.1, 0.15) is 6.54 Å². The molecule has 0 bridgehead atoms. The topological polar surface area (TPSA) is 23.5 Å². The molecular formula is C8H23N2O+. The molecule has 0 aliphatic heterocycles. The standard InChI is InChI=1S/C5H14NO.C3H9N/c1-6(2,3)4-5-7;1-4(2)3/h7H,4-5H2,1-3H3;1-3H3/q+1;. The van der Waals surface area contributed by atoms with Gasteiger partial charge in [0.25, 0.3) is 0 Å². The van der Waals surface area contributed by atoms with Gasteiger partial charge < -0.3 is 14.5 Å². The van der Waals surface area contributed by atoms with Crippen molar-refractivity contribution in [2.75, 3.05) is 55.4 Å². The first-order valence-electron chi connectivity index (χ1n) is 3.82. The van der Waals surface area contributed by atoms with Crippen LogP contribution in [0.3, 0.4) is 0 Å². The summed E-state index contributed by atoms with van der Waals surface area (Å²) in [5.41, 5.74) is 0. The SMILES string of the molecule is CN(C)C.C[N+](C)(C)CCO. The molecule has 0 fully saturated rings. The summed E-state index contributed by atoms with van der Waals surface area (Å²) < 4.78 is 0.844. The van der Waals surface area contributed by atoms with Gasteiger partial charge >= 0.3 is 0 Å². The molecule has 0 aliphatic carbocycles. The molecule has 1 N–H and O–H groups in total. The van der Waals surface area contributed by atoms with Crippen LogP contribution >= 0.6 is 0 Å². The van der Waals surface area contributed by atoms with E-state index in [1.165, 1.54) is 0 Å². The van der Waals surface area contributed by atoms with Crippen molar-refractivity contribution in [2.24, 2.45) is 0 Å². The van der Waals surface area contributed by atoms with E-state index in [1.54, 1.807) is 0 Å². The molecule has 0 aromatic heterocycles. The minimum Gasteiger partial charge on any atom is -0.391 e. The fraction of sp³-hybridized carbons (Fsp3) is 1.00. The van der Waals surface area contributed by atoms with Gasteiger partial charge in [-0.1, -0.05) is 0 Å². The minimum atomic E-state index is 0.281. The third-order valence-electron chi connectivity index (χ3n) is 0.771. The van der Waals surface area contributed by atoms with Gasteiger partial charge in [0.2, 0.25) is 0 Å². The summed E-state index contributed by atoms with van der Waals surface area (Å²) in [5, 5.41) is 8.39. The Hall–Kier alpha value is -0.120. The zero-order chi connectivity index (χ0) is 9.49. The van der Waals surface area contributed by atoms with Crippen molar-refractivity contribution >= 4 is 0 Å². The van der Waals surface area contributed by atoms with E-state index in [2.05, 4.69) is 21.1 Å². The van der Waals surface area contributed by atoms with Gasteiger partial charge in [-0.05, 0) is 21.1 Å². The maximum atomic E-state index is 8.39. The van der Waals surface area contributed by atoms with Crippen molar-refractivity contribution in [2.45, 2.75) is 0 Å². The Bertz CT molecular complexity index is 73.9. The van der Waals surface area contributed by atoms with Gasteiger partial charge in [-0.3, -0.25) is 0 Å². The summed E-state index contributed by atoms with van der Waals surface area (Å²) in [7, 11) is 12.2. The van der Waals surface area contributed by atoms with Gasteiger partial charge in [0, 0.05) is 0 Å². The molecule has 0 aromatic rings. The van der Waals surface area contributed by atoms with E-state index in [4.69, 9.17) is 5.11 Å². The van der Waals surface area contributed by atoms with E-state index in [0.717, 1.165) is 11.0 Å². The number of quaternary nitrogens is 1. The van der Waals surface area contributed by atoms with Crippen LogP contribution in [-0.2, 0) is 0 Å². The van der Waals surface area contributed by atoms with E-state index in [1.807, 2.05) is 26.0 Å². The van der Waals surface area contributed by atoms with Crippen molar-refractivity contribution in [1.29, 1.82) is 0 Å². The largest absolute Gasteiger partial charge is 0.391 e. The number of likely N-dealkylation sites (N-methyl/N-ethyl adjacent to an activating group) is 1. The zero-order valence-electron chi connectivity index (χ0n) is 8.76. The molecule has 0 aromatic carbocycles. The van der Waals surface area contributed by atoms with Crippen molar-refractivity contribution in [3.05, 3.63) is 0 Å². The van der Waals surface area contributed by atoms with Crippen LogP contribution < -0.4 is 0 Å². The summed E-state index contributed by atoms with van der Waals surface area (Å²) in [4.78, 5) is 2.00. The number of hydrogen-bond donors (Lipinski definition) is 1. The molecule has 11 heavy (non-hydrogen) atoms. The molecule has 0 saturated carbocycles. The van der Waals surface area contributed by atoms with E-state index < -0.39 is 0 Å². The Balaban J connectivity index is 0. The van der Waals surface area contributed by atoms with Gasteiger partial charge in [0.05, 0.1) is 27.7 Å². The first-order valence-corrected chi connectivity index (χ1v) is 3.82. The van der Waals surface area contributed by atoms with Crippen molar-refractivity contribution in [3.63, 3.8) is 0 Å². The fourth-order valence-corrected chi connectivity index (χ4v) is 0.300. The molecular weight excluding hydrogens is 140 g/mol. The summed E-state index contributed by atoms with van der Waals surface area (Å²) >= 11 is 0. The van der Waals surface area contributed by atoms with Crippen LogP contribution in [0.1, 0.15) is 0 Å². The van der Waals surface area contributed by atoms with Crippen LogP contribution in [0, 0.1) is 0 Å². The Morgan fingerprint density at radius 2 is 1.36 bits per heavy atom. The number of aliphatic hydroxyl groups is 1. The van der Waals surface area contributed by atoms with Crippen molar-refractivity contribution in [1.82, 2.24) is 4.90 Å². The lowest BCUT2D eigenvalue weighted by atomic mass is 10.5. The lowest BCUT2D eigenvalue weighted by Crippen LogP contribution is -2.36. The molecule has 0 aliphatic rings. The smallest absolute Gasteiger partial charge is 0.101 e. The highest BCUT2D eigenvalue weighted by Crippen LogP contribution is 1.84. The van der Waals surface area contributed by atoms with E-state index in [9.17, 15) is 0 Å². The van der Waals surface area contributed by atoms with Crippen LogP contribution in [-0.4, -0.2) is 69.9 Å². The molecule has 0 atom stereocenters. The first-order chi connectivity index (χ1) is 4.79.